The summed E-state index contributed by atoms with van der Waals surface area (Å²) in [4.78, 5) is 24.6. The maximum absolute atomic E-state index is 11.6. The van der Waals surface area contributed by atoms with E-state index in [1.807, 2.05) is 18.2 Å². The number of benzene rings is 1. The highest BCUT2D eigenvalue weighted by molar-refractivity contribution is 5.88. The molecule has 1 N–H and O–H groups in total. The van der Waals surface area contributed by atoms with Gasteiger partial charge in [0, 0.05) is 38.4 Å². The Bertz CT molecular complexity index is 519. The molecule has 3 fully saturated rings. The molecule has 2 atom stereocenters. The Labute approximate surface area is 131 Å². The maximum Gasteiger partial charge on any atom is 0.151 e. The van der Waals surface area contributed by atoms with Crippen molar-refractivity contribution in [1.82, 2.24) is 10.2 Å². The topological polar surface area (TPSA) is 49.4 Å². The molecule has 4 rings (SSSR count). The number of ketones is 2. The van der Waals surface area contributed by atoms with E-state index in [2.05, 4.69) is 22.3 Å². The largest absolute Gasteiger partial charge is 0.316 e. The summed E-state index contributed by atoms with van der Waals surface area (Å²) in [6.45, 7) is 3.00. The molecule has 0 spiro atoms. The second-order valence-corrected chi connectivity index (χ2v) is 6.28. The normalized spacial score (nSPS) is 28.2. The highest BCUT2D eigenvalue weighted by Gasteiger charge is 2.45. The van der Waals surface area contributed by atoms with Gasteiger partial charge in [-0.15, -0.1) is 0 Å². The molecule has 0 aliphatic carbocycles. The molecule has 3 aliphatic rings. The van der Waals surface area contributed by atoms with E-state index < -0.39 is 0 Å². The number of carbonyl (C=O) groups excluding carboxylic acids is 2. The summed E-state index contributed by atoms with van der Waals surface area (Å²) < 4.78 is 0. The number of Topliss-reactive ketones (excluding diaryl/α,β-unsaturated/α-hetero) is 2. The van der Waals surface area contributed by atoms with E-state index in [1.54, 1.807) is 0 Å². The van der Waals surface area contributed by atoms with Crippen molar-refractivity contribution in [2.24, 2.45) is 0 Å². The van der Waals surface area contributed by atoms with Gasteiger partial charge in [-0.05, 0) is 24.9 Å². The van der Waals surface area contributed by atoms with E-state index in [0.29, 0.717) is 24.0 Å². The van der Waals surface area contributed by atoms with Gasteiger partial charge in [-0.25, -0.2) is 0 Å². The average Bonchev–Trinajstić information content (AvgIpc) is 2.66. The Hall–Kier alpha value is -1.52. The van der Waals surface area contributed by atoms with Crippen LogP contribution in [0.5, 0.6) is 0 Å². The van der Waals surface area contributed by atoms with Crippen LogP contribution in [0.2, 0.25) is 0 Å². The number of hydrogen-bond donors (Lipinski definition) is 1. The molecule has 0 saturated carbocycles. The van der Waals surface area contributed by atoms with Gasteiger partial charge >= 0.3 is 0 Å². The summed E-state index contributed by atoms with van der Waals surface area (Å²) in [7, 11) is 0. The summed E-state index contributed by atoms with van der Waals surface area (Å²) in [6, 6.07) is 11.0. The van der Waals surface area contributed by atoms with Crippen molar-refractivity contribution in [3.05, 3.63) is 35.9 Å². The van der Waals surface area contributed by atoms with Gasteiger partial charge in [0.25, 0.3) is 0 Å². The minimum absolute atomic E-state index is 0.250. The first-order chi connectivity index (χ1) is 10.8. The first-order valence-corrected chi connectivity index (χ1v) is 8.31. The number of carbonyl (C=O) groups is 2. The second-order valence-electron chi connectivity index (χ2n) is 6.28. The molecule has 3 aliphatic heterocycles. The lowest BCUT2D eigenvalue weighted by atomic mass is 10.0. The maximum atomic E-state index is 11.6. The van der Waals surface area contributed by atoms with Gasteiger partial charge in [0.1, 0.15) is 5.78 Å². The zero-order valence-electron chi connectivity index (χ0n) is 13.0. The zero-order chi connectivity index (χ0) is 15.4. The van der Waals surface area contributed by atoms with Gasteiger partial charge in [-0.1, -0.05) is 30.3 Å². The van der Waals surface area contributed by atoms with E-state index >= 15 is 0 Å². The summed E-state index contributed by atoms with van der Waals surface area (Å²) in [6.07, 6.45) is 4.34. The van der Waals surface area contributed by atoms with Crippen LogP contribution in [0, 0.1) is 0 Å². The molecule has 3 saturated heterocycles. The molecule has 0 amide bonds. The van der Waals surface area contributed by atoms with Crippen molar-refractivity contribution < 1.29 is 9.59 Å². The fourth-order valence-corrected chi connectivity index (χ4v) is 3.44. The van der Waals surface area contributed by atoms with Gasteiger partial charge in [0.05, 0.1) is 6.04 Å². The Morgan fingerprint density at radius 2 is 1.82 bits per heavy atom. The van der Waals surface area contributed by atoms with Crippen LogP contribution in [0.4, 0.5) is 0 Å². The summed E-state index contributed by atoms with van der Waals surface area (Å²) >= 11 is 0. The van der Waals surface area contributed by atoms with Crippen LogP contribution in [0.15, 0.2) is 30.3 Å². The molecule has 0 bridgehead atoms. The predicted octanol–water partition coefficient (Wildman–Crippen LogP) is 2.10. The van der Waals surface area contributed by atoms with Crippen LogP contribution < -0.4 is 5.32 Å². The zero-order valence-corrected chi connectivity index (χ0v) is 13.0. The Morgan fingerprint density at radius 3 is 2.50 bits per heavy atom. The van der Waals surface area contributed by atoms with Gasteiger partial charge in [-0.2, -0.15) is 0 Å². The van der Waals surface area contributed by atoms with E-state index in [-0.39, 0.29) is 6.04 Å². The third kappa shape index (κ3) is 3.45. The number of rotatable bonds is 1. The van der Waals surface area contributed by atoms with Crippen molar-refractivity contribution in [2.45, 2.75) is 44.2 Å². The molecule has 0 radical (unpaired) electrons. The molecule has 3 heterocycles. The van der Waals surface area contributed by atoms with Gasteiger partial charge in [0.15, 0.2) is 5.78 Å². The lowest BCUT2D eigenvalue weighted by Crippen LogP contribution is -2.46. The average molecular weight is 300 g/mol. The molecular formula is C18H24N2O2. The first-order valence-electron chi connectivity index (χ1n) is 8.31. The Morgan fingerprint density at radius 1 is 1.00 bits per heavy atom. The molecular weight excluding hydrogens is 276 g/mol. The Balaban J connectivity index is 0.000000154. The van der Waals surface area contributed by atoms with Crippen molar-refractivity contribution in [1.29, 1.82) is 0 Å². The molecule has 1 aromatic carbocycles. The van der Waals surface area contributed by atoms with E-state index in [1.165, 1.54) is 5.56 Å². The number of nitrogens with zero attached hydrogens (tertiary/aromatic N) is 1. The van der Waals surface area contributed by atoms with Crippen molar-refractivity contribution in [2.75, 3.05) is 19.6 Å². The molecule has 118 valence electrons. The van der Waals surface area contributed by atoms with Crippen molar-refractivity contribution in [3.63, 3.8) is 0 Å². The van der Waals surface area contributed by atoms with Crippen LogP contribution in [-0.2, 0) is 9.59 Å². The van der Waals surface area contributed by atoms with Crippen LogP contribution in [0.25, 0.3) is 0 Å². The SMILES string of the molecule is O=C1CC(c2ccccc2)N2CCC12.O=C1CCCNCC1. The lowest BCUT2D eigenvalue weighted by molar-refractivity contribution is -0.122. The third-order valence-electron chi connectivity index (χ3n) is 4.80. The first kappa shape index (κ1) is 15.4. The fraction of sp³-hybridized carbons (Fsp3) is 0.556. The highest BCUT2D eigenvalue weighted by atomic mass is 16.1. The molecule has 1 aromatic rings. The van der Waals surface area contributed by atoms with Gasteiger partial charge in [-0.3, -0.25) is 14.5 Å². The van der Waals surface area contributed by atoms with E-state index in [9.17, 15) is 9.59 Å². The number of nitrogens with one attached hydrogen (secondary N) is 1. The standard InChI is InChI=1S/C12H13NO.C6H11NO/c14-12-8-11(13-7-6-10(12)13)9-4-2-1-3-5-9;8-6-2-1-4-7-5-3-6/h1-5,10-11H,6-8H2;7H,1-5H2. The number of fused-ring (bicyclic) bond motifs is 1. The van der Waals surface area contributed by atoms with Crippen LogP contribution in [0.1, 0.15) is 43.7 Å². The smallest absolute Gasteiger partial charge is 0.151 e. The van der Waals surface area contributed by atoms with E-state index in [4.69, 9.17) is 0 Å². The fourth-order valence-electron chi connectivity index (χ4n) is 3.44. The lowest BCUT2D eigenvalue weighted by Gasteiger charge is -2.37. The molecule has 4 nitrogen and oxygen atoms in total. The highest BCUT2D eigenvalue weighted by Crippen LogP contribution is 2.40. The van der Waals surface area contributed by atoms with Crippen molar-refractivity contribution >= 4 is 11.6 Å². The summed E-state index contributed by atoms with van der Waals surface area (Å²) in [5.41, 5.74) is 1.29. The molecule has 4 heteroatoms. The number of hydrogen-bond acceptors (Lipinski definition) is 4. The van der Waals surface area contributed by atoms with Crippen LogP contribution in [0.3, 0.4) is 0 Å². The minimum atomic E-state index is 0.250. The molecule has 0 aromatic heterocycles. The second kappa shape index (κ2) is 7.16. The minimum Gasteiger partial charge on any atom is -0.316 e. The molecule has 22 heavy (non-hydrogen) atoms. The summed E-state index contributed by atoms with van der Waals surface area (Å²) in [5, 5.41) is 3.16. The predicted molar refractivity (Wildman–Crippen MR) is 85.6 cm³/mol. The van der Waals surface area contributed by atoms with Crippen molar-refractivity contribution in [3.8, 4) is 0 Å². The quantitative estimate of drug-likeness (QED) is 0.863. The third-order valence-corrected chi connectivity index (χ3v) is 4.80. The van der Waals surface area contributed by atoms with Crippen LogP contribution in [-0.4, -0.2) is 42.1 Å². The van der Waals surface area contributed by atoms with Crippen LogP contribution >= 0.6 is 0 Å². The van der Waals surface area contributed by atoms with Gasteiger partial charge in [0.2, 0.25) is 0 Å². The Kier molecular flexibility index (Phi) is 5.01. The van der Waals surface area contributed by atoms with Gasteiger partial charge < -0.3 is 5.32 Å². The van der Waals surface area contributed by atoms with E-state index in [0.717, 1.165) is 45.3 Å². The summed E-state index contributed by atoms with van der Waals surface area (Å²) in [5.74, 6) is 0.847. The monoisotopic (exact) mass is 300 g/mol. The molecule has 2 unspecified atom stereocenters.